The van der Waals surface area contributed by atoms with E-state index in [1.807, 2.05) is 12.1 Å². The molecule has 2 aromatic rings. The molecule has 3 nitrogen and oxygen atoms in total. The van der Waals surface area contributed by atoms with E-state index in [2.05, 4.69) is 42.6 Å². The molecule has 0 aliphatic carbocycles. The van der Waals surface area contributed by atoms with Crippen molar-refractivity contribution in [3.05, 3.63) is 48.0 Å². The van der Waals surface area contributed by atoms with Crippen molar-refractivity contribution >= 4 is 20.6 Å². The molecule has 0 aromatic heterocycles. The van der Waals surface area contributed by atoms with Gasteiger partial charge in [-0.3, -0.25) is 0 Å². The number of sulfone groups is 1. The third-order valence-electron chi connectivity index (χ3n) is 3.59. The van der Waals surface area contributed by atoms with Gasteiger partial charge in [0.2, 0.25) is 0 Å². The van der Waals surface area contributed by atoms with Crippen molar-refractivity contribution in [3.63, 3.8) is 0 Å². The quantitative estimate of drug-likeness (QED) is 0.853. The highest BCUT2D eigenvalue weighted by atomic mass is 32.2. The topological polar surface area (TPSA) is 46.2 Å². The van der Waals surface area contributed by atoms with Gasteiger partial charge in [-0.1, -0.05) is 43.3 Å². The van der Waals surface area contributed by atoms with Crippen molar-refractivity contribution < 1.29 is 8.42 Å². The van der Waals surface area contributed by atoms with Crippen LogP contribution in [-0.2, 0) is 9.84 Å². The summed E-state index contributed by atoms with van der Waals surface area (Å²) in [6.45, 7) is 3.00. The molecular formula is C17H23NO2S. The first-order valence-corrected chi connectivity index (χ1v) is 9.45. The largest absolute Gasteiger partial charge is 0.310 e. The molecule has 2 rings (SSSR count). The highest BCUT2D eigenvalue weighted by Gasteiger charge is 2.14. The van der Waals surface area contributed by atoms with Crippen molar-refractivity contribution in [2.24, 2.45) is 0 Å². The normalized spacial score (nSPS) is 13.4. The van der Waals surface area contributed by atoms with Gasteiger partial charge in [0.1, 0.15) is 9.84 Å². The molecule has 0 aliphatic rings. The van der Waals surface area contributed by atoms with E-state index in [1.165, 1.54) is 17.0 Å². The molecule has 0 bridgehead atoms. The van der Waals surface area contributed by atoms with Crippen LogP contribution in [0.3, 0.4) is 0 Å². The van der Waals surface area contributed by atoms with Gasteiger partial charge in [0.25, 0.3) is 0 Å². The maximum atomic E-state index is 11.4. The zero-order chi connectivity index (χ0) is 15.3. The lowest BCUT2D eigenvalue weighted by molar-refractivity contribution is 0.514. The first kappa shape index (κ1) is 16.0. The Morgan fingerprint density at radius 3 is 2.48 bits per heavy atom. The number of fused-ring (bicyclic) bond motifs is 1. The lowest BCUT2D eigenvalue weighted by Gasteiger charge is -2.19. The van der Waals surface area contributed by atoms with Crippen molar-refractivity contribution in [2.75, 3.05) is 18.6 Å². The summed E-state index contributed by atoms with van der Waals surface area (Å²) in [5.41, 5.74) is 1.16. The summed E-state index contributed by atoms with van der Waals surface area (Å²) in [4.78, 5) is 0. The number of rotatable bonds is 7. The van der Waals surface area contributed by atoms with E-state index < -0.39 is 9.84 Å². The second-order valence-electron chi connectivity index (χ2n) is 5.53. The Bertz CT molecular complexity index is 695. The van der Waals surface area contributed by atoms with Gasteiger partial charge >= 0.3 is 0 Å². The summed E-state index contributed by atoms with van der Waals surface area (Å²) >= 11 is 0. The van der Waals surface area contributed by atoms with Crippen molar-refractivity contribution in [2.45, 2.75) is 25.8 Å². The molecule has 0 saturated heterocycles. The summed E-state index contributed by atoms with van der Waals surface area (Å²) in [7, 11) is -2.93. The maximum absolute atomic E-state index is 11.4. The highest BCUT2D eigenvalue weighted by molar-refractivity contribution is 7.90. The lowest BCUT2D eigenvalue weighted by atomic mass is 10.00. The highest BCUT2D eigenvalue weighted by Crippen LogP contribution is 2.23. The van der Waals surface area contributed by atoms with Gasteiger partial charge in [0.15, 0.2) is 0 Å². The van der Waals surface area contributed by atoms with Gasteiger partial charge in [0.05, 0.1) is 5.75 Å². The predicted molar refractivity (Wildman–Crippen MR) is 89.3 cm³/mol. The molecule has 0 saturated carbocycles. The summed E-state index contributed by atoms with van der Waals surface area (Å²) in [5, 5.41) is 5.86. The van der Waals surface area contributed by atoms with Gasteiger partial charge in [-0.25, -0.2) is 8.42 Å². The molecule has 0 heterocycles. The van der Waals surface area contributed by atoms with Crippen LogP contribution in [0.2, 0.25) is 0 Å². The Balaban J connectivity index is 2.24. The first-order chi connectivity index (χ1) is 9.99. The minimum Gasteiger partial charge on any atom is -0.310 e. The van der Waals surface area contributed by atoms with Crippen LogP contribution < -0.4 is 5.32 Å². The summed E-state index contributed by atoms with van der Waals surface area (Å²) in [6, 6.07) is 14.7. The second kappa shape index (κ2) is 7.05. The SMILES string of the molecule is CCCNC(CCS(C)(=O)=O)c1ccc2ccccc2c1. The van der Waals surface area contributed by atoms with E-state index in [1.54, 1.807) is 0 Å². The van der Waals surface area contributed by atoms with E-state index in [9.17, 15) is 8.42 Å². The molecule has 1 unspecified atom stereocenters. The number of nitrogens with one attached hydrogen (secondary N) is 1. The lowest BCUT2D eigenvalue weighted by Crippen LogP contribution is -2.24. The number of benzene rings is 2. The van der Waals surface area contributed by atoms with Gasteiger partial charge in [-0.05, 0) is 41.8 Å². The van der Waals surface area contributed by atoms with Gasteiger partial charge in [-0.15, -0.1) is 0 Å². The second-order valence-corrected chi connectivity index (χ2v) is 7.79. The summed E-state index contributed by atoms with van der Waals surface area (Å²) in [5.74, 6) is 0.210. The number of hydrogen-bond acceptors (Lipinski definition) is 3. The fraction of sp³-hybridized carbons (Fsp3) is 0.412. The Morgan fingerprint density at radius 1 is 1.10 bits per heavy atom. The van der Waals surface area contributed by atoms with Crippen LogP contribution in [0.15, 0.2) is 42.5 Å². The molecule has 0 aliphatic heterocycles. The zero-order valence-electron chi connectivity index (χ0n) is 12.7. The van der Waals surface area contributed by atoms with E-state index in [-0.39, 0.29) is 11.8 Å². The molecule has 2 aromatic carbocycles. The third kappa shape index (κ3) is 4.83. The van der Waals surface area contributed by atoms with E-state index in [0.717, 1.165) is 18.5 Å². The van der Waals surface area contributed by atoms with Crippen LogP contribution in [0, 0.1) is 0 Å². The maximum Gasteiger partial charge on any atom is 0.147 e. The zero-order valence-corrected chi connectivity index (χ0v) is 13.5. The van der Waals surface area contributed by atoms with E-state index in [0.29, 0.717) is 6.42 Å². The van der Waals surface area contributed by atoms with Crippen LogP contribution in [0.4, 0.5) is 0 Å². The minimum absolute atomic E-state index is 0.0873. The molecule has 114 valence electrons. The van der Waals surface area contributed by atoms with Crippen molar-refractivity contribution in [1.82, 2.24) is 5.32 Å². The molecule has 4 heteroatoms. The van der Waals surface area contributed by atoms with Crippen LogP contribution in [0.1, 0.15) is 31.4 Å². The van der Waals surface area contributed by atoms with Crippen LogP contribution >= 0.6 is 0 Å². The molecule has 1 N–H and O–H groups in total. The van der Waals surface area contributed by atoms with Crippen molar-refractivity contribution in [3.8, 4) is 0 Å². The monoisotopic (exact) mass is 305 g/mol. The average Bonchev–Trinajstić information content (AvgIpc) is 2.46. The average molecular weight is 305 g/mol. The van der Waals surface area contributed by atoms with Crippen molar-refractivity contribution in [1.29, 1.82) is 0 Å². The van der Waals surface area contributed by atoms with Crippen LogP contribution in [0.5, 0.6) is 0 Å². The third-order valence-corrected chi connectivity index (χ3v) is 4.57. The predicted octanol–water partition coefficient (Wildman–Crippen LogP) is 3.32. The van der Waals surface area contributed by atoms with Gasteiger partial charge < -0.3 is 5.32 Å². The van der Waals surface area contributed by atoms with Gasteiger partial charge in [0, 0.05) is 12.3 Å². The van der Waals surface area contributed by atoms with Crippen LogP contribution in [-0.4, -0.2) is 27.0 Å². The Morgan fingerprint density at radius 2 is 1.81 bits per heavy atom. The fourth-order valence-electron chi connectivity index (χ4n) is 2.46. The summed E-state index contributed by atoms with van der Waals surface area (Å²) in [6.07, 6.45) is 2.93. The smallest absolute Gasteiger partial charge is 0.147 e. The molecule has 21 heavy (non-hydrogen) atoms. The minimum atomic E-state index is -2.93. The number of hydrogen-bond donors (Lipinski definition) is 1. The molecule has 1 atom stereocenters. The Labute approximate surface area is 127 Å². The summed E-state index contributed by atoms with van der Waals surface area (Å²) < 4.78 is 22.9. The first-order valence-electron chi connectivity index (χ1n) is 7.39. The molecule has 0 radical (unpaired) electrons. The molecule has 0 spiro atoms. The van der Waals surface area contributed by atoms with E-state index >= 15 is 0 Å². The van der Waals surface area contributed by atoms with Crippen LogP contribution in [0.25, 0.3) is 10.8 Å². The molecule has 0 amide bonds. The Hall–Kier alpha value is -1.39. The molecular weight excluding hydrogens is 282 g/mol. The van der Waals surface area contributed by atoms with Gasteiger partial charge in [-0.2, -0.15) is 0 Å². The van der Waals surface area contributed by atoms with E-state index in [4.69, 9.17) is 0 Å². The Kier molecular flexibility index (Phi) is 5.37. The molecule has 0 fully saturated rings. The standard InChI is InChI=1S/C17H23NO2S/c1-3-11-18-17(10-12-21(2,19)20)16-9-8-14-6-4-5-7-15(14)13-16/h4-9,13,17-18H,3,10-12H2,1-2H3. The fourth-order valence-corrected chi connectivity index (χ4v) is 3.13.